The molecule has 140 valence electrons. The van der Waals surface area contributed by atoms with Crippen molar-refractivity contribution < 1.29 is 9.53 Å². The predicted octanol–water partition coefficient (Wildman–Crippen LogP) is 2.62. The van der Waals surface area contributed by atoms with Gasteiger partial charge in [0.2, 0.25) is 5.91 Å². The average Bonchev–Trinajstić information content (AvgIpc) is 3.07. The molecule has 1 fully saturated rings. The average molecular weight is 356 g/mol. The summed E-state index contributed by atoms with van der Waals surface area (Å²) in [4.78, 5) is 12.7. The molecule has 6 nitrogen and oxygen atoms in total. The Bertz CT molecular complexity index is 742. The summed E-state index contributed by atoms with van der Waals surface area (Å²) in [6.07, 6.45) is 5.49. The SMILES string of the molecule is Cc1ccccc1[C@@]1(CC(=O)NCCn2cnnc2)CCOC(C)(C)C1. The normalized spacial score (nSPS) is 22.1. The number of nitrogens with one attached hydrogen (secondary N) is 1. The number of ether oxygens (including phenoxy) is 1. The van der Waals surface area contributed by atoms with Crippen LogP contribution in [0.3, 0.4) is 0 Å². The third-order valence-corrected chi connectivity index (χ3v) is 5.21. The second kappa shape index (κ2) is 7.58. The second-order valence-corrected chi connectivity index (χ2v) is 7.86. The highest BCUT2D eigenvalue weighted by molar-refractivity contribution is 5.77. The van der Waals surface area contributed by atoms with Crippen molar-refractivity contribution in [2.24, 2.45) is 0 Å². The van der Waals surface area contributed by atoms with E-state index in [0.29, 0.717) is 26.1 Å². The Morgan fingerprint density at radius 1 is 1.27 bits per heavy atom. The van der Waals surface area contributed by atoms with Gasteiger partial charge >= 0.3 is 0 Å². The fourth-order valence-electron chi connectivity index (χ4n) is 4.15. The molecule has 1 aliphatic heterocycles. The Hall–Kier alpha value is -2.21. The molecular formula is C20H28N4O2. The third kappa shape index (κ3) is 4.30. The van der Waals surface area contributed by atoms with Gasteiger partial charge in [-0.2, -0.15) is 0 Å². The molecule has 2 heterocycles. The number of carbonyl (C=O) groups is 1. The number of rotatable bonds is 6. The van der Waals surface area contributed by atoms with E-state index in [1.165, 1.54) is 11.1 Å². The maximum Gasteiger partial charge on any atom is 0.220 e. The maximum absolute atomic E-state index is 12.7. The van der Waals surface area contributed by atoms with Crippen molar-refractivity contribution in [2.45, 2.75) is 57.6 Å². The van der Waals surface area contributed by atoms with Gasteiger partial charge in [-0.3, -0.25) is 4.79 Å². The van der Waals surface area contributed by atoms with Gasteiger partial charge < -0.3 is 14.6 Å². The quantitative estimate of drug-likeness (QED) is 0.864. The van der Waals surface area contributed by atoms with Crippen molar-refractivity contribution in [3.63, 3.8) is 0 Å². The Morgan fingerprint density at radius 2 is 2.00 bits per heavy atom. The summed E-state index contributed by atoms with van der Waals surface area (Å²) < 4.78 is 7.80. The molecule has 1 N–H and O–H groups in total. The van der Waals surface area contributed by atoms with E-state index in [4.69, 9.17) is 4.74 Å². The van der Waals surface area contributed by atoms with Crippen LogP contribution in [0.25, 0.3) is 0 Å². The standard InChI is InChI=1S/C20H28N4O2/c1-16-6-4-5-7-17(16)20(8-11-26-19(2,3)13-20)12-18(25)21-9-10-24-14-22-23-15-24/h4-7,14-15H,8-13H2,1-3H3,(H,21,25)/t20-/m1/s1. The van der Waals surface area contributed by atoms with E-state index in [-0.39, 0.29) is 16.9 Å². The van der Waals surface area contributed by atoms with E-state index in [1.807, 2.05) is 4.57 Å². The first kappa shape index (κ1) is 18.6. The van der Waals surface area contributed by atoms with Crippen LogP contribution in [0, 0.1) is 6.92 Å². The third-order valence-electron chi connectivity index (χ3n) is 5.21. The molecule has 26 heavy (non-hydrogen) atoms. The summed E-state index contributed by atoms with van der Waals surface area (Å²) in [6, 6.07) is 8.41. The van der Waals surface area contributed by atoms with Crippen LogP contribution in [0.1, 0.15) is 44.2 Å². The highest BCUT2D eigenvalue weighted by Crippen LogP contribution is 2.45. The number of amides is 1. The molecule has 1 aromatic carbocycles. The van der Waals surface area contributed by atoms with Crippen LogP contribution in [0.5, 0.6) is 0 Å². The molecule has 2 aromatic rings. The van der Waals surface area contributed by atoms with Gasteiger partial charge in [0.15, 0.2) is 0 Å². The summed E-state index contributed by atoms with van der Waals surface area (Å²) in [7, 11) is 0. The molecule has 1 aromatic heterocycles. The first-order valence-electron chi connectivity index (χ1n) is 9.19. The maximum atomic E-state index is 12.7. The minimum atomic E-state index is -0.233. The molecule has 0 aliphatic carbocycles. The molecule has 1 aliphatic rings. The molecule has 1 saturated heterocycles. The van der Waals surface area contributed by atoms with E-state index >= 15 is 0 Å². The van der Waals surface area contributed by atoms with Crippen LogP contribution < -0.4 is 5.32 Å². The number of benzene rings is 1. The number of nitrogens with zero attached hydrogens (tertiary/aromatic N) is 3. The molecule has 0 spiro atoms. The van der Waals surface area contributed by atoms with Gasteiger partial charge in [0.25, 0.3) is 0 Å². The highest BCUT2D eigenvalue weighted by atomic mass is 16.5. The molecular weight excluding hydrogens is 328 g/mol. The van der Waals surface area contributed by atoms with Crippen LogP contribution in [-0.2, 0) is 21.5 Å². The van der Waals surface area contributed by atoms with Crippen LogP contribution in [0.4, 0.5) is 0 Å². The lowest BCUT2D eigenvalue weighted by molar-refractivity contribution is -0.126. The Kier molecular flexibility index (Phi) is 5.41. The van der Waals surface area contributed by atoms with Gasteiger partial charge in [0, 0.05) is 31.5 Å². The largest absolute Gasteiger partial charge is 0.376 e. The first-order chi connectivity index (χ1) is 12.4. The molecule has 6 heteroatoms. The molecule has 0 unspecified atom stereocenters. The van der Waals surface area contributed by atoms with Crippen LogP contribution in [0.2, 0.25) is 0 Å². The number of carbonyl (C=O) groups excluding carboxylic acids is 1. The van der Waals surface area contributed by atoms with E-state index in [9.17, 15) is 4.79 Å². The Labute approximate surface area is 155 Å². The van der Waals surface area contributed by atoms with Gasteiger partial charge in [0.1, 0.15) is 12.7 Å². The molecule has 0 radical (unpaired) electrons. The lowest BCUT2D eigenvalue weighted by Gasteiger charge is -2.45. The van der Waals surface area contributed by atoms with Crippen LogP contribution >= 0.6 is 0 Å². The summed E-state index contributed by atoms with van der Waals surface area (Å²) in [5, 5.41) is 10.6. The minimum absolute atomic E-state index is 0.0824. The summed E-state index contributed by atoms with van der Waals surface area (Å²) in [5.74, 6) is 0.0824. The van der Waals surface area contributed by atoms with E-state index in [1.54, 1.807) is 12.7 Å². The van der Waals surface area contributed by atoms with E-state index in [2.05, 4.69) is 60.6 Å². The fraction of sp³-hybridized carbons (Fsp3) is 0.550. The number of aryl methyl sites for hydroxylation is 1. The number of hydrogen-bond acceptors (Lipinski definition) is 4. The monoisotopic (exact) mass is 356 g/mol. The summed E-state index contributed by atoms with van der Waals surface area (Å²) in [6.45, 7) is 8.27. The number of hydrogen-bond donors (Lipinski definition) is 1. The van der Waals surface area contributed by atoms with E-state index < -0.39 is 0 Å². The molecule has 1 amide bonds. The van der Waals surface area contributed by atoms with Gasteiger partial charge in [-0.25, -0.2) is 0 Å². The Balaban J connectivity index is 1.73. The lowest BCUT2D eigenvalue weighted by atomic mass is 9.66. The van der Waals surface area contributed by atoms with Crippen molar-refractivity contribution in [3.05, 3.63) is 48.0 Å². The van der Waals surface area contributed by atoms with Gasteiger partial charge in [0.05, 0.1) is 5.60 Å². The molecule has 0 bridgehead atoms. The van der Waals surface area contributed by atoms with E-state index in [0.717, 1.165) is 12.8 Å². The smallest absolute Gasteiger partial charge is 0.220 e. The molecule has 1 atom stereocenters. The van der Waals surface area contributed by atoms with Crippen molar-refractivity contribution >= 4 is 5.91 Å². The molecule has 3 rings (SSSR count). The van der Waals surface area contributed by atoms with Crippen molar-refractivity contribution in [1.29, 1.82) is 0 Å². The fourth-order valence-corrected chi connectivity index (χ4v) is 4.15. The number of aromatic nitrogens is 3. The second-order valence-electron chi connectivity index (χ2n) is 7.86. The molecule has 0 saturated carbocycles. The zero-order valence-electron chi connectivity index (χ0n) is 15.9. The summed E-state index contributed by atoms with van der Waals surface area (Å²) in [5.41, 5.74) is 2.09. The van der Waals surface area contributed by atoms with Gasteiger partial charge in [-0.1, -0.05) is 24.3 Å². The van der Waals surface area contributed by atoms with Crippen LogP contribution in [0.15, 0.2) is 36.9 Å². The first-order valence-corrected chi connectivity index (χ1v) is 9.19. The van der Waals surface area contributed by atoms with Crippen molar-refractivity contribution in [2.75, 3.05) is 13.2 Å². The summed E-state index contributed by atoms with van der Waals surface area (Å²) >= 11 is 0. The highest BCUT2D eigenvalue weighted by Gasteiger charge is 2.44. The zero-order chi connectivity index (χ0) is 18.6. The van der Waals surface area contributed by atoms with Crippen molar-refractivity contribution in [3.8, 4) is 0 Å². The minimum Gasteiger partial charge on any atom is -0.376 e. The van der Waals surface area contributed by atoms with Gasteiger partial charge in [-0.15, -0.1) is 10.2 Å². The van der Waals surface area contributed by atoms with Crippen molar-refractivity contribution in [1.82, 2.24) is 20.1 Å². The zero-order valence-corrected chi connectivity index (χ0v) is 15.9. The predicted molar refractivity (Wildman–Crippen MR) is 99.8 cm³/mol. The van der Waals surface area contributed by atoms with Gasteiger partial charge in [-0.05, 0) is 44.7 Å². The Morgan fingerprint density at radius 3 is 2.69 bits per heavy atom. The lowest BCUT2D eigenvalue weighted by Crippen LogP contribution is -2.47. The van der Waals surface area contributed by atoms with Crippen LogP contribution in [-0.4, -0.2) is 39.4 Å². The topological polar surface area (TPSA) is 69.0 Å².